The summed E-state index contributed by atoms with van der Waals surface area (Å²) in [4.78, 5) is 15.7. The van der Waals surface area contributed by atoms with Gasteiger partial charge in [-0.2, -0.15) is 0 Å². The van der Waals surface area contributed by atoms with Gasteiger partial charge in [0.1, 0.15) is 0 Å². The maximum absolute atomic E-state index is 13.6. The van der Waals surface area contributed by atoms with Crippen LogP contribution >= 0.6 is 24.8 Å². The molecule has 6 heteroatoms. The van der Waals surface area contributed by atoms with E-state index in [4.69, 9.17) is 0 Å². The Kier molecular flexibility index (Phi) is 11.6. The summed E-state index contributed by atoms with van der Waals surface area (Å²) in [7, 11) is 3.98. The molecule has 0 saturated carbocycles. The minimum absolute atomic E-state index is 0. The average Bonchev–Trinajstić information content (AvgIpc) is 2.80. The predicted octanol–water partition coefficient (Wildman–Crippen LogP) is 4.60. The Bertz CT molecular complexity index is 765. The van der Waals surface area contributed by atoms with Crippen molar-refractivity contribution >= 4 is 30.7 Å². The van der Waals surface area contributed by atoms with Crippen molar-refractivity contribution in [1.82, 2.24) is 15.5 Å². The van der Waals surface area contributed by atoms with E-state index in [0.29, 0.717) is 6.54 Å². The Morgan fingerprint density at radius 2 is 1.52 bits per heavy atom. The lowest BCUT2D eigenvalue weighted by Gasteiger charge is -2.43. The summed E-state index contributed by atoms with van der Waals surface area (Å²) < 4.78 is 0. The van der Waals surface area contributed by atoms with Crippen molar-refractivity contribution in [2.75, 3.05) is 33.7 Å². The fraction of sp³-hybridized carbons (Fsp3) is 0.480. The lowest BCUT2D eigenvalue weighted by molar-refractivity contribution is -0.138. The summed E-state index contributed by atoms with van der Waals surface area (Å²) in [5.74, 6) is 0.486. The van der Waals surface area contributed by atoms with Crippen LogP contribution in [0.1, 0.15) is 43.2 Å². The van der Waals surface area contributed by atoms with Crippen molar-refractivity contribution in [3.63, 3.8) is 0 Å². The molecule has 0 unspecified atom stereocenters. The molecule has 2 aromatic rings. The number of benzene rings is 2. The molecule has 0 bridgehead atoms. The molecule has 1 amide bonds. The number of nitrogens with one attached hydrogen (secondary N) is 2. The van der Waals surface area contributed by atoms with Crippen LogP contribution in [0.3, 0.4) is 0 Å². The number of likely N-dealkylation sites (tertiary alicyclic amines) is 1. The van der Waals surface area contributed by atoms with Gasteiger partial charge in [0.05, 0.1) is 5.92 Å². The molecule has 4 nitrogen and oxygen atoms in total. The van der Waals surface area contributed by atoms with Gasteiger partial charge in [-0.15, -0.1) is 24.8 Å². The zero-order valence-electron chi connectivity index (χ0n) is 18.8. The highest BCUT2D eigenvalue weighted by atomic mass is 35.5. The third-order valence-electron chi connectivity index (χ3n) is 6.63. The van der Waals surface area contributed by atoms with Crippen LogP contribution < -0.4 is 10.6 Å². The second kappa shape index (κ2) is 13.1. The van der Waals surface area contributed by atoms with Gasteiger partial charge in [0, 0.05) is 25.2 Å². The van der Waals surface area contributed by atoms with E-state index in [2.05, 4.69) is 77.1 Å². The maximum atomic E-state index is 13.6. The van der Waals surface area contributed by atoms with Crippen molar-refractivity contribution in [2.24, 2.45) is 5.92 Å². The van der Waals surface area contributed by atoms with Gasteiger partial charge in [0.2, 0.25) is 5.91 Å². The highest BCUT2D eigenvalue weighted by molar-refractivity contribution is 5.85. The second-order valence-electron chi connectivity index (χ2n) is 8.11. The summed E-state index contributed by atoms with van der Waals surface area (Å²) >= 11 is 0. The normalized spacial score (nSPS) is 17.1. The molecule has 1 aliphatic heterocycles. The summed E-state index contributed by atoms with van der Waals surface area (Å²) in [6.07, 6.45) is 2.84. The van der Waals surface area contributed by atoms with E-state index >= 15 is 0 Å². The van der Waals surface area contributed by atoms with E-state index in [-0.39, 0.29) is 48.1 Å². The first-order valence-corrected chi connectivity index (χ1v) is 10.9. The topological polar surface area (TPSA) is 44.4 Å². The quantitative estimate of drug-likeness (QED) is 0.598. The smallest absolute Gasteiger partial charge is 0.227 e. The van der Waals surface area contributed by atoms with Crippen LogP contribution in [0.2, 0.25) is 0 Å². The lowest BCUT2D eigenvalue weighted by Crippen LogP contribution is -2.53. The summed E-state index contributed by atoms with van der Waals surface area (Å²) in [5.41, 5.74) is 2.53. The number of nitrogens with zero attached hydrogens (tertiary/aromatic N) is 1. The molecule has 172 valence electrons. The number of carbonyl (C=O) groups excluding carboxylic acids is 1. The van der Waals surface area contributed by atoms with E-state index in [0.717, 1.165) is 32.4 Å². The molecule has 0 spiro atoms. The molecule has 31 heavy (non-hydrogen) atoms. The second-order valence-corrected chi connectivity index (χ2v) is 8.11. The van der Waals surface area contributed by atoms with Gasteiger partial charge in [-0.3, -0.25) is 4.79 Å². The molecule has 1 aliphatic rings. The molecule has 0 aliphatic carbocycles. The zero-order valence-corrected chi connectivity index (χ0v) is 20.5. The zero-order chi connectivity index (χ0) is 20.7. The fourth-order valence-electron chi connectivity index (χ4n) is 4.86. The number of amides is 1. The van der Waals surface area contributed by atoms with Crippen molar-refractivity contribution in [3.05, 3.63) is 71.8 Å². The lowest BCUT2D eigenvalue weighted by atomic mass is 9.79. The fourth-order valence-corrected chi connectivity index (χ4v) is 4.86. The van der Waals surface area contributed by atoms with Gasteiger partial charge in [0.15, 0.2) is 0 Å². The van der Waals surface area contributed by atoms with Gasteiger partial charge < -0.3 is 15.5 Å². The molecule has 1 heterocycles. The third kappa shape index (κ3) is 6.23. The number of hydrogen-bond acceptors (Lipinski definition) is 3. The molecular weight excluding hydrogens is 429 g/mol. The van der Waals surface area contributed by atoms with Crippen LogP contribution in [0, 0.1) is 5.92 Å². The third-order valence-corrected chi connectivity index (χ3v) is 6.63. The molecule has 1 saturated heterocycles. The van der Waals surface area contributed by atoms with Crippen LogP contribution in [0.25, 0.3) is 0 Å². The Balaban J connectivity index is 0.00000240. The van der Waals surface area contributed by atoms with Crippen LogP contribution in [-0.4, -0.2) is 44.5 Å². The molecule has 2 N–H and O–H groups in total. The van der Waals surface area contributed by atoms with Gasteiger partial charge in [-0.1, -0.05) is 67.6 Å². The Hall–Kier alpha value is -1.59. The van der Waals surface area contributed by atoms with E-state index in [1.807, 2.05) is 20.2 Å². The van der Waals surface area contributed by atoms with Gasteiger partial charge >= 0.3 is 0 Å². The minimum atomic E-state index is -0.0415. The monoisotopic (exact) mass is 465 g/mol. The van der Waals surface area contributed by atoms with Crippen molar-refractivity contribution in [1.29, 1.82) is 0 Å². The summed E-state index contributed by atoms with van der Waals surface area (Å²) in [6, 6.07) is 21.1. The number of piperidine rings is 1. The molecule has 2 atom stereocenters. The van der Waals surface area contributed by atoms with Crippen molar-refractivity contribution in [3.8, 4) is 0 Å². The van der Waals surface area contributed by atoms with Crippen LogP contribution in [0.5, 0.6) is 0 Å². The van der Waals surface area contributed by atoms with Gasteiger partial charge in [0.25, 0.3) is 0 Å². The summed E-state index contributed by atoms with van der Waals surface area (Å²) in [6.45, 7) is 4.48. The molecule has 1 fully saturated rings. The van der Waals surface area contributed by atoms with Crippen LogP contribution in [0.15, 0.2) is 60.7 Å². The van der Waals surface area contributed by atoms with Gasteiger partial charge in [-0.05, 0) is 50.4 Å². The number of halogens is 2. The van der Waals surface area contributed by atoms with E-state index in [1.165, 1.54) is 11.1 Å². The largest absolute Gasteiger partial charge is 0.342 e. The Labute approximate surface area is 200 Å². The van der Waals surface area contributed by atoms with Gasteiger partial charge in [-0.25, -0.2) is 0 Å². The molecule has 0 aromatic heterocycles. The highest BCUT2D eigenvalue weighted by Gasteiger charge is 2.38. The Morgan fingerprint density at radius 1 is 0.968 bits per heavy atom. The molecular formula is C25H37Cl2N3O. The number of rotatable bonds is 8. The highest BCUT2D eigenvalue weighted by Crippen LogP contribution is 2.35. The first-order valence-electron chi connectivity index (χ1n) is 10.9. The average molecular weight is 466 g/mol. The number of carbonyl (C=O) groups is 1. The first-order chi connectivity index (χ1) is 14.1. The molecule has 2 aromatic carbocycles. The molecule has 3 rings (SSSR count). The standard InChI is InChI=1S/C25H35N3O.2ClH/c1-4-22(20-11-7-5-8-12-20)23(19-26-2)24(29)28-17-15-25(27-3,16-18-28)21-13-9-6-10-14-21;;/h5-14,22-23,26-27H,4,15-19H2,1-3H3;2*1H/t22-,23+;;/m0../s1. The van der Waals surface area contributed by atoms with E-state index in [9.17, 15) is 4.79 Å². The first kappa shape index (κ1) is 27.4. The predicted molar refractivity (Wildman–Crippen MR) is 134 cm³/mol. The van der Waals surface area contributed by atoms with Crippen molar-refractivity contribution < 1.29 is 4.79 Å². The van der Waals surface area contributed by atoms with Crippen LogP contribution in [-0.2, 0) is 10.3 Å². The SMILES string of the molecule is CC[C@@H](c1ccccc1)[C@@H](CNC)C(=O)N1CCC(NC)(c2ccccc2)CC1.Cl.Cl. The van der Waals surface area contributed by atoms with Crippen molar-refractivity contribution in [2.45, 2.75) is 37.6 Å². The minimum Gasteiger partial charge on any atom is -0.342 e. The maximum Gasteiger partial charge on any atom is 0.227 e. The number of hydrogen-bond donors (Lipinski definition) is 2. The van der Waals surface area contributed by atoms with Crippen LogP contribution in [0.4, 0.5) is 0 Å². The summed E-state index contributed by atoms with van der Waals surface area (Å²) in [5, 5.41) is 6.82. The van der Waals surface area contributed by atoms with E-state index in [1.54, 1.807) is 0 Å². The van der Waals surface area contributed by atoms with E-state index < -0.39 is 0 Å². The Morgan fingerprint density at radius 3 is 2.00 bits per heavy atom. The molecule has 0 radical (unpaired) electrons.